The van der Waals surface area contributed by atoms with Gasteiger partial charge in [-0.1, -0.05) is 48.9 Å². The van der Waals surface area contributed by atoms with Gasteiger partial charge in [0.1, 0.15) is 11.8 Å². The quantitative estimate of drug-likeness (QED) is 0.598. The second-order valence-corrected chi connectivity index (χ2v) is 7.96. The summed E-state index contributed by atoms with van der Waals surface area (Å²) in [5, 5.41) is 3.59. The van der Waals surface area contributed by atoms with Crippen LogP contribution in [-0.2, 0) is 22.6 Å². The summed E-state index contributed by atoms with van der Waals surface area (Å²) in [6.45, 7) is 6.08. The lowest BCUT2D eigenvalue weighted by Gasteiger charge is -2.31. The number of hydrogen-bond acceptors (Lipinski definition) is 3. The first-order chi connectivity index (χ1) is 14.3. The van der Waals surface area contributed by atoms with Crippen LogP contribution in [-0.4, -0.2) is 35.9 Å². The average Bonchev–Trinajstić information content (AvgIpc) is 2.72. The number of benzene rings is 2. The zero-order chi connectivity index (χ0) is 22.1. The number of methoxy groups -OCH3 is 1. The van der Waals surface area contributed by atoms with Crippen molar-refractivity contribution in [3.05, 3.63) is 64.7 Å². The Morgan fingerprint density at radius 2 is 1.87 bits per heavy atom. The molecule has 1 atom stereocenters. The standard InChI is InChI=1S/C24H31ClN2O3/c1-5-22(24(29)26-17(2)3)27(16-18-9-8-11-20(15-18)30-4)23(28)14-13-19-10-6-7-12-21(19)25/h6-12,15,17,22H,5,13-14,16H2,1-4H3,(H,26,29). The molecule has 30 heavy (non-hydrogen) atoms. The van der Waals surface area contributed by atoms with Crippen LogP contribution < -0.4 is 10.1 Å². The third kappa shape index (κ3) is 6.77. The van der Waals surface area contributed by atoms with Gasteiger partial charge in [-0.05, 0) is 56.0 Å². The molecule has 162 valence electrons. The van der Waals surface area contributed by atoms with Gasteiger partial charge in [0, 0.05) is 24.0 Å². The molecule has 0 radical (unpaired) electrons. The van der Waals surface area contributed by atoms with Crippen LogP contribution in [0.3, 0.4) is 0 Å². The molecule has 0 bridgehead atoms. The summed E-state index contributed by atoms with van der Waals surface area (Å²) in [6, 6.07) is 14.5. The number of rotatable bonds is 10. The van der Waals surface area contributed by atoms with E-state index in [1.54, 1.807) is 12.0 Å². The van der Waals surface area contributed by atoms with Gasteiger partial charge in [-0.3, -0.25) is 9.59 Å². The van der Waals surface area contributed by atoms with Crippen molar-refractivity contribution < 1.29 is 14.3 Å². The molecule has 0 aliphatic heterocycles. The van der Waals surface area contributed by atoms with Crippen LogP contribution in [0, 0.1) is 0 Å². The Morgan fingerprint density at radius 1 is 1.13 bits per heavy atom. The molecule has 0 aliphatic carbocycles. The molecule has 0 aliphatic rings. The number of aryl methyl sites for hydroxylation is 1. The van der Waals surface area contributed by atoms with Gasteiger partial charge in [-0.2, -0.15) is 0 Å². The van der Waals surface area contributed by atoms with Gasteiger partial charge in [-0.25, -0.2) is 0 Å². The minimum Gasteiger partial charge on any atom is -0.497 e. The lowest BCUT2D eigenvalue weighted by atomic mass is 10.1. The maximum Gasteiger partial charge on any atom is 0.243 e. The predicted molar refractivity (Wildman–Crippen MR) is 121 cm³/mol. The van der Waals surface area contributed by atoms with E-state index < -0.39 is 6.04 Å². The van der Waals surface area contributed by atoms with Crippen molar-refractivity contribution in [3.8, 4) is 5.75 Å². The van der Waals surface area contributed by atoms with E-state index in [0.29, 0.717) is 24.4 Å². The molecule has 2 rings (SSSR count). The van der Waals surface area contributed by atoms with Crippen molar-refractivity contribution in [3.63, 3.8) is 0 Å². The number of ether oxygens (including phenoxy) is 1. The number of nitrogens with zero attached hydrogens (tertiary/aromatic N) is 1. The van der Waals surface area contributed by atoms with E-state index in [-0.39, 0.29) is 24.3 Å². The van der Waals surface area contributed by atoms with Gasteiger partial charge in [0.2, 0.25) is 11.8 Å². The summed E-state index contributed by atoms with van der Waals surface area (Å²) in [5.74, 6) is 0.501. The van der Waals surface area contributed by atoms with E-state index in [4.69, 9.17) is 16.3 Å². The molecule has 1 unspecified atom stereocenters. The first-order valence-electron chi connectivity index (χ1n) is 10.3. The molecule has 1 N–H and O–H groups in total. The van der Waals surface area contributed by atoms with Crippen LogP contribution in [0.1, 0.15) is 44.7 Å². The maximum atomic E-state index is 13.2. The first kappa shape index (κ1) is 23.7. The van der Waals surface area contributed by atoms with Crippen LogP contribution in [0.15, 0.2) is 48.5 Å². The summed E-state index contributed by atoms with van der Waals surface area (Å²) in [4.78, 5) is 27.7. The second-order valence-electron chi connectivity index (χ2n) is 7.55. The lowest BCUT2D eigenvalue weighted by Crippen LogP contribution is -2.50. The molecule has 2 aromatic carbocycles. The van der Waals surface area contributed by atoms with Crippen molar-refractivity contribution in [2.24, 2.45) is 0 Å². The molecule has 0 saturated carbocycles. The van der Waals surface area contributed by atoms with E-state index in [1.165, 1.54) is 0 Å². The minimum absolute atomic E-state index is 0.00319. The maximum absolute atomic E-state index is 13.2. The number of carbonyl (C=O) groups is 2. The highest BCUT2D eigenvalue weighted by Gasteiger charge is 2.28. The Labute approximate surface area is 184 Å². The van der Waals surface area contributed by atoms with Gasteiger partial charge in [0.25, 0.3) is 0 Å². The fourth-order valence-electron chi connectivity index (χ4n) is 3.35. The molecule has 2 aromatic rings. The Hall–Kier alpha value is -2.53. The Kier molecular flexibility index (Phi) is 9.18. The largest absolute Gasteiger partial charge is 0.497 e. The highest BCUT2D eigenvalue weighted by molar-refractivity contribution is 6.31. The zero-order valence-electron chi connectivity index (χ0n) is 18.2. The van der Waals surface area contributed by atoms with Gasteiger partial charge in [0.05, 0.1) is 7.11 Å². The average molecular weight is 431 g/mol. The molecule has 0 heterocycles. The van der Waals surface area contributed by atoms with Crippen LogP contribution in [0.2, 0.25) is 5.02 Å². The van der Waals surface area contributed by atoms with Gasteiger partial charge >= 0.3 is 0 Å². The number of hydrogen-bond donors (Lipinski definition) is 1. The Balaban J connectivity index is 2.24. The topological polar surface area (TPSA) is 58.6 Å². The number of nitrogens with one attached hydrogen (secondary N) is 1. The molecule has 0 saturated heterocycles. The van der Waals surface area contributed by atoms with Crippen LogP contribution >= 0.6 is 11.6 Å². The summed E-state index contributed by atoms with van der Waals surface area (Å²) >= 11 is 6.25. The Bertz CT molecular complexity index is 854. The van der Waals surface area contributed by atoms with Crippen molar-refractivity contribution >= 4 is 23.4 Å². The number of halogens is 1. The van der Waals surface area contributed by atoms with Crippen LogP contribution in [0.5, 0.6) is 5.75 Å². The van der Waals surface area contributed by atoms with Crippen molar-refractivity contribution in [1.29, 1.82) is 0 Å². The number of amides is 2. The van der Waals surface area contributed by atoms with Crippen LogP contribution in [0.25, 0.3) is 0 Å². The SMILES string of the molecule is CCC(C(=O)NC(C)C)N(Cc1cccc(OC)c1)C(=O)CCc1ccccc1Cl. The van der Waals surface area contributed by atoms with Gasteiger partial charge in [-0.15, -0.1) is 0 Å². The first-order valence-corrected chi connectivity index (χ1v) is 10.7. The summed E-state index contributed by atoms with van der Waals surface area (Å²) in [5.41, 5.74) is 1.84. The third-order valence-electron chi connectivity index (χ3n) is 4.87. The normalized spacial score (nSPS) is 11.8. The lowest BCUT2D eigenvalue weighted by molar-refractivity contribution is -0.141. The second kappa shape index (κ2) is 11.6. The van der Waals surface area contributed by atoms with E-state index in [2.05, 4.69) is 5.32 Å². The zero-order valence-corrected chi connectivity index (χ0v) is 18.9. The molecule has 5 nitrogen and oxygen atoms in total. The third-order valence-corrected chi connectivity index (χ3v) is 5.24. The molecule has 0 fully saturated rings. The highest BCUT2D eigenvalue weighted by Crippen LogP contribution is 2.20. The summed E-state index contributed by atoms with van der Waals surface area (Å²) < 4.78 is 5.30. The van der Waals surface area contributed by atoms with E-state index >= 15 is 0 Å². The minimum atomic E-state index is -0.544. The molecule has 0 aromatic heterocycles. The molecular weight excluding hydrogens is 400 g/mol. The monoisotopic (exact) mass is 430 g/mol. The van der Waals surface area contributed by atoms with Crippen molar-refractivity contribution in [2.45, 2.75) is 58.7 Å². The highest BCUT2D eigenvalue weighted by atomic mass is 35.5. The van der Waals surface area contributed by atoms with Gasteiger partial charge in [0.15, 0.2) is 0 Å². The van der Waals surface area contributed by atoms with Crippen molar-refractivity contribution in [1.82, 2.24) is 10.2 Å². The molecule has 2 amide bonds. The molecule has 6 heteroatoms. The molecule has 0 spiro atoms. The smallest absolute Gasteiger partial charge is 0.243 e. The fourth-order valence-corrected chi connectivity index (χ4v) is 3.58. The van der Waals surface area contributed by atoms with E-state index in [0.717, 1.165) is 16.9 Å². The number of carbonyl (C=O) groups excluding carboxylic acids is 2. The summed E-state index contributed by atoms with van der Waals surface area (Å²) in [6.07, 6.45) is 1.33. The fraction of sp³-hybridized carbons (Fsp3) is 0.417. The Morgan fingerprint density at radius 3 is 2.50 bits per heavy atom. The van der Waals surface area contributed by atoms with E-state index in [1.807, 2.05) is 69.3 Å². The van der Waals surface area contributed by atoms with E-state index in [9.17, 15) is 9.59 Å². The predicted octanol–water partition coefficient (Wildman–Crippen LogP) is 4.61. The van der Waals surface area contributed by atoms with Gasteiger partial charge < -0.3 is 15.0 Å². The van der Waals surface area contributed by atoms with Crippen LogP contribution in [0.4, 0.5) is 0 Å². The van der Waals surface area contributed by atoms with Crippen molar-refractivity contribution in [2.75, 3.05) is 7.11 Å². The molecular formula is C24H31ClN2O3. The summed E-state index contributed by atoms with van der Waals surface area (Å²) in [7, 11) is 1.61.